The average molecular weight is 272 g/mol. The van der Waals surface area contributed by atoms with Crippen LogP contribution in [0.25, 0.3) is 0 Å². The van der Waals surface area contributed by atoms with Crippen molar-refractivity contribution in [2.75, 3.05) is 6.54 Å². The molecule has 2 atom stereocenters. The van der Waals surface area contributed by atoms with Gasteiger partial charge in [-0.05, 0) is 29.9 Å². The molecule has 1 aliphatic carbocycles. The fourth-order valence-electron chi connectivity index (χ4n) is 2.49. The molecular formula is C13H24N2O2S. The number of nitrogens with one attached hydrogen (secondary N) is 1. The summed E-state index contributed by atoms with van der Waals surface area (Å²) in [6.45, 7) is 7.00. The Labute approximate surface area is 115 Å². The van der Waals surface area contributed by atoms with Crippen molar-refractivity contribution in [2.24, 2.45) is 16.5 Å². The van der Waals surface area contributed by atoms with E-state index >= 15 is 0 Å². The van der Waals surface area contributed by atoms with Crippen LogP contribution in [-0.2, 0) is 4.79 Å². The molecule has 0 spiro atoms. The van der Waals surface area contributed by atoms with E-state index in [-0.39, 0.29) is 17.2 Å². The number of nitrogens with zero attached hydrogens (tertiary/aromatic N) is 1. The summed E-state index contributed by atoms with van der Waals surface area (Å²) in [6.07, 6.45) is 3.07. The third-order valence-corrected chi connectivity index (χ3v) is 3.55. The highest BCUT2D eigenvalue weighted by Crippen LogP contribution is 2.26. The molecular weight excluding hydrogens is 248 g/mol. The third-order valence-electron chi connectivity index (χ3n) is 3.36. The van der Waals surface area contributed by atoms with Crippen LogP contribution in [0.15, 0.2) is 5.16 Å². The second-order valence-electron chi connectivity index (χ2n) is 6.04. The lowest BCUT2D eigenvalue weighted by Gasteiger charge is -2.27. The van der Waals surface area contributed by atoms with E-state index in [4.69, 9.17) is 5.21 Å². The van der Waals surface area contributed by atoms with Gasteiger partial charge >= 0.3 is 0 Å². The SMILES string of the molecule is CC(S)CC(C)(C)CNC(=O)C1CC/C(=N/O)C1. The molecule has 2 unspecified atom stereocenters. The largest absolute Gasteiger partial charge is 0.411 e. The summed E-state index contributed by atoms with van der Waals surface area (Å²) in [5, 5.41) is 15.2. The lowest BCUT2D eigenvalue weighted by atomic mass is 9.87. The summed E-state index contributed by atoms with van der Waals surface area (Å²) >= 11 is 4.39. The molecule has 1 saturated carbocycles. The van der Waals surface area contributed by atoms with E-state index in [1.807, 2.05) is 0 Å². The number of thiol groups is 1. The quantitative estimate of drug-likeness (QED) is 0.409. The molecule has 1 fully saturated rings. The van der Waals surface area contributed by atoms with Gasteiger partial charge in [0.25, 0.3) is 0 Å². The molecule has 0 heterocycles. The van der Waals surface area contributed by atoms with E-state index in [0.717, 1.165) is 25.0 Å². The Kier molecular flexibility index (Phi) is 5.50. The summed E-state index contributed by atoms with van der Waals surface area (Å²) in [5.74, 6) is 0.0497. The van der Waals surface area contributed by atoms with Crippen LogP contribution in [0.2, 0.25) is 0 Å². The van der Waals surface area contributed by atoms with Gasteiger partial charge in [-0.2, -0.15) is 12.6 Å². The van der Waals surface area contributed by atoms with Crippen LogP contribution in [0, 0.1) is 11.3 Å². The first-order valence-electron chi connectivity index (χ1n) is 6.49. The van der Waals surface area contributed by atoms with Gasteiger partial charge in [0.1, 0.15) is 0 Å². The maximum Gasteiger partial charge on any atom is 0.223 e. The molecule has 18 heavy (non-hydrogen) atoms. The van der Waals surface area contributed by atoms with Crippen LogP contribution in [0.5, 0.6) is 0 Å². The van der Waals surface area contributed by atoms with Crippen LogP contribution in [0.4, 0.5) is 0 Å². The van der Waals surface area contributed by atoms with Crippen LogP contribution in [0.3, 0.4) is 0 Å². The molecule has 0 bridgehead atoms. The van der Waals surface area contributed by atoms with Crippen molar-refractivity contribution in [3.8, 4) is 0 Å². The fraction of sp³-hybridized carbons (Fsp3) is 0.846. The van der Waals surface area contributed by atoms with Crippen molar-refractivity contribution >= 4 is 24.2 Å². The zero-order chi connectivity index (χ0) is 13.8. The van der Waals surface area contributed by atoms with Gasteiger partial charge in [0.05, 0.1) is 5.71 Å². The van der Waals surface area contributed by atoms with Gasteiger partial charge in [-0.25, -0.2) is 0 Å². The number of oxime groups is 1. The second kappa shape index (κ2) is 6.45. The monoisotopic (exact) mass is 272 g/mol. The first kappa shape index (κ1) is 15.3. The maximum absolute atomic E-state index is 12.0. The molecule has 1 rings (SSSR count). The number of carbonyl (C=O) groups is 1. The minimum absolute atomic E-state index is 0.0277. The second-order valence-corrected chi connectivity index (χ2v) is 6.92. The average Bonchev–Trinajstić information content (AvgIpc) is 2.72. The van der Waals surface area contributed by atoms with Crippen molar-refractivity contribution in [3.05, 3.63) is 0 Å². The molecule has 4 nitrogen and oxygen atoms in total. The third kappa shape index (κ3) is 4.88. The lowest BCUT2D eigenvalue weighted by Crippen LogP contribution is -2.38. The predicted octanol–water partition coefficient (Wildman–Crippen LogP) is 2.47. The molecule has 0 aromatic rings. The van der Waals surface area contributed by atoms with Gasteiger partial charge in [0, 0.05) is 18.9 Å². The Morgan fingerprint density at radius 3 is 2.83 bits per heavy atom. The molecule has 1 aliphatic rings. The van der Waals surface area contributed by atoms with Crippen molar-refractivity contribution < 1.29 is 10.0 Å². The Morgan fingerprint density at radius 1 is 1.67 bits per heavy atom. The summed E-state index contributed by atoms with van der Waals surface area (Å²) in [5.41, 5.74) is 0.793. The Balaban J connectivity index is 2.37. The van der Waals surface area contributed by atoms with Crippen LogP contribution < -0.4 is 5.32 Å². The van der Waals surface area contributed by atoms with Gasteiger partial charge in [-0.3, -0.25) is 4.79 Å². The normalized spacial score (nSPS) is 24.2. The smallest absolute Gasteiger partial charge is 0.223 e. The number of hydrogen-bond donors (Lipinski definition) is 3. The topological polar surface area (TPSA) is 61.7 Å². The summed E-state index contributed by atoms with van der Waals surface area (Å²) in [6, 6.07) is 0. The fourth-order valence-corrected chi connectivity index (χ4v) is 2.98. The van der Waals surface area contributed by atoms with Crippen molar-refractivity contribution in [1.29, 1.82) is 0 Å². The van der Waals surface area contributed by atoms with Crippen LogP contribution in [0.1, 0.15) is 46.5 Å². The van der Waals surface area contributed by atoms with Gasteiger partial charge < -0.3 is 10.5 Å². The standard InChI is InChI=1S/C13H24N2O2S/c1-9(18)7-13(2,3)8-14-12(16)10-4-5-11(6-10)15-17/h9-10,17-18H,4-8H2,1-3H3,(H,14,16)/b15-11-. The first-order valence-corrected chi connectivity index (χ1v) is 7.01. The molecule has 1 amide bonds. The highest BCUT2D eigenvalue weighted by atomic mass is 32.1. The molecule has 104 valence electrons. The van der Waals surface area contributed by atoms with Crippen molar-refractivity contribution in [2.45, 2.75) is 51.7 Å². The molecule has 0 aromatic carbocycles. The molecule has 5 heteroatoms. The Morgan fingerprint density at radius 2 is 2.33 bits per heavy atom. The Hall–Kier alpha value is -0.710. The van der Waals surface area contributed by atoms with E-state index in [1.165, 1.54) is 0 Å². The number of hydrogen-bond acceptors (Lipinski definition) is 4. The number of amides is 1. The Bertz CT molecular complexity index is 327. The lowest BCUT2D eigenvalue weighted by molar-refractivity contribution is -0.125. The summed E-state index contributed by atoms with van der Waals surface area (Å²) in [7, 11) is 0. The van der Waals surface area contributed by atoms with Gasteiger partial charge in [0.2, 0.25) is 5.91 Å². The minimum Gasteiger partial charge on any atom is -0.411 e. The number of carbonyl (C=O) groups excluding carboxylic acids is 1. The zero-order valence-corrected chi connectivity index (χ0v) is 12.3. The molecule has 0 aromatic heterocycles. The minimum atomic E-state index is -0.0277. The van der Waals surface area contributed by atoms with Gasteiger partial charge in [0.15, 0.2) is 0 Å². The van der Waals surface area contributed by atoms with E-state index in [1.54, 1.807) is 0 Å². The van der Waals surface area contributed by atoms with Crippen LogP contribution >= 0.6 is 12.6 Å². The van der Waals surface area contributed by atoms with Gasteiger partial charge in [-0.15, -0.1) is 0 Å². The summed E-state index contributed by atoms with van der Waals surface area (Å²) < 4.78 is 0. The zero-order valence-electron chi connectivity index (χ0n) is 11.4. The molecule has 0 radical (unpaired) electrons. The molecule has 0 aliphatic heterocycles. The predicted molar refractivity (Wildman–Crippen MR) is 76.4 cm³/mol. The molecule has 2 N–H and O–H groups in total. The van der Waals surface area contributed by atoms with E-state index < -0.39 is 0 Å². The number of rotatable bonds is 5. The summed E-state index contributed by atoms with van der Waals surface area (Å²) in [4.78, 5) is 12.0. The van der Waals surface area contributed by atoms with Crippen molar-refractivity contribution in [3.63, 3.8) is 0 Å². The van der Waals surface area contributed by atoms with E-state index in [0.29, 0.717) is 18.2 Å². The maximum atomic E-state index is 12.0. The van der Waals surface area contributed by atoms with E-state index in [9.17, 15) is 4.79 Å². The van der Waals surface area contributed by atoms with Crippen molar-refractivity contribution in [1.82, 2.24) is 5.32 Å². The van der Waals surface area contributed by atoms with Crippen LogP contribution in [-0.4, -0.2) is 28.6 Å². The highest BCUT2D eigenvalue weighted by Gasteiger charge is 2.29. The molecule has 0 saturated heterocycles. The highest BCUT2D eigenvalue weighted by molar-refractivity contribution is 7.80. The first-order chi connectivity index (χ1) is 8.34. The van der Waals surface area contributed by atoms with Gasteiger partial charge in [-0.1, -0.05) is 25.9 Å². The van der Waals surface area contributed by atoms with E-state index in [2.05, 4.69) is 43.9 Å².